The minimum Gasteiger partial charge on any atom is -0.454 e. The van der Waals surface area contributed by atoms with E-state index in [-0.39, 0.29) is 12.7 Å². The van der Waals surface area contributed by atoms with Crippen LogP contribution in [-0.2, 0) is 17.9 Å². The van der Waals surface area contributed by atoms with Gasteiger partial charge in [0, 0.05) is 18.8 Å². The van der Waals surface area contributed by atoms with Crippen molar-refractivity contribution >= 4 is 11.6 Å². The summed E-state index contributed by atoms with van der Waals surface area (Å²) in [7, 11) is 0. The van der Waals surface area contributed by atoms with Gasteiger partial charge in [0.2, 0.25) is 12.7 Å². The van der Waals surface area contributed by atoms with Gasteiger partial charge in [-0.15, -0.1) is 0 Å². The molecule has 1 N–H and O–H groups in total. The fraction of sp³-hybridized carbons (Fsp3) is 0.219. The lowest BCUT2D eigenvalue weighted by Crippen LogP contribution is -2.36. The molecule has 1 atom stereocenters. The van der Waals surface area contributed by atoms with E-state index >= 15 is 0 Å². The second-order valence-corrected chi connectivity index (χ2v) is 9.66. The third-order valence-corrected chi connectivity index (χ3v) is 6.63. The van der Waals surface area contributed by atoms with E-state index in [0.29, 0.717) is 30.5 Å². The first-order valence-corrected chi connectivity index (χ1v) is 12.7. The van der Waals surface area contributed by atoms with E-state index in [1.54, 1.807) is 0 Å². The van der Waals surface area contributed by atoms with Crippen molar-refractivity contribution in [1.29, 1.82) is 0 Å². The summed E-state index contributed by atoms with van der Waals surface area (Å²) in [5, 5.41) is 3.17. The summed E-state index contributed by atoms with van der Waals surface area (Å²) in [6.07, 6.45) is 0. The highest BCUT2D eigenvalue weighted by molar-refractivity contribution is 5.95. The largest absolute Gasteiger partial charge is 0.454 e. The van der Waals surface area contributed by atoms with Crippen LogP contribution in [0.25, 0.3) is 0 Å². The van der Waals surface area contributed by atoms with Crippen LogP contribution in [0.5, 0.6) is 11.5 Å². The number of hydrogen-bond acceptors (Lipinski definition) is 4. The molecule has 0 bridgehead atoms. The van der Waals surface area contributed by atoms with Crippen molar-refractivity contribution in [3.8, 4) is 11.5 Å². The van der Waals surface area contributed by atoms with Gasteiger partial charge in [0.15, 0.2) is 11.5 Å². The van der Waals surface area contributed by atoms with Crippen molar-refractivity contribution < 1.29 is 14.3 Å². The minimum atomic E-state index is -0.556. The predicted octanol–water partition coefficient (Wildman–Crippen LogP) is 6.92. The number of fused-ring (bicyclic) bond motifs is 1. The Morgan fingerprint density at radius 3 is 1.92 bits per heavy atom. The van der Waals surface area contributed by atoms with E-state index in [0.717, 1.165) is 22.4 Å². The first kappa shape index (κ1) is 24.6. The van der Waals surface area contributed by atoms with Gasteiger partial charge >= 0.3 is 0 Å². The lowest BCUT2D eigenvalue weighted by molar-refractivity contribution is -0.122. The Balaban J connectivity index is 1.52. The molecule has 37 heavy (non-hydrogen) atoms. The van der Waals surface area contributed by atoms with Crippen molar-refractivity contribution in [2.45, 2.75) is 38.9 Å². The molecule has 1 aliphatic rings. The van der Waals surface area contributed by atoms with E-state index in [9.17, 15) is 4.79 Å². The molecule has 0 aromatic heterocycles. The van der Waals surface area contributed by atoms with E-state index in [2.05, 4.69) is 60.5 Å². The van der Waals surface area contributed by atoms with Gasteiger partial charge in [0.05, 0.1) is 0 Å². The molecule has 1 amide bonds. The van der Waals surface area contributed by atoms with E-state index in [1.165, 1.54) is 5.56 Å². The molecule has 4 aromatic carbocycles. The summed E-state index contributed by atoms with van der Waals surface area (Å²) in [5.74, 6) is 1.70. The van der Waals surface area contributed by atoms with Crippen molar-refractivity contribution in [2.75, 3.05) is 12.1 Å². The van der Waals surface area contributed by atoms with Crippen LogP contribution in [0.3, 0.4) is 0 Å². The number of amides is 1. The lowest BCUT2D eigenvalue weighted by atomic mass is 10.0. The molecule has 0 unspecified atom stereocenters. The molecule has 1 heterocycles. The molecule has 0 fully saturated rings. The van der Waals surface area contributed by atoms with Crippen LogP contribution >= 0.6 is 0 Å². The van der Waals surface area contributed by atoms with Gasteiger partial charge in [-0.25, -0.2) is 0 Å². The van der Waals surface area contributed by atoms with E-state index in [1.807, 2.05) is 66.7 Å². The maximum absolute atomic E-state index is 14.0. The molecule has 5 rings (SSSR count). The van der Waals surface area contributed by atoms with Crippen molar-refractivity contribution in [3.63, 3.8) is 0 Å². The van der Waals surface area contributed by atoms with Gasteiger partial charge < -0.3 is 14.8 Å². The summed E-state index contributed by atoms with van der Waals surface area (Å²) in [5.41, 5.74) is 5.14. The van der Waals surface area contributed by atoms with Crippen molar-refractivity contribution in [3.05, 3.63) is 125 Å². The predicted molar refractivity (Wildman–Crippen MR) is 147 cm³/mol. The second-order valence-electron chi connectivity index (χ2n) is 9.66. The molecule has 5 nitrogen and oxygen atoms in total. The Hall–Kier alpha value is -4.09. The summed E-state index contributed by atoms with van der Waals surface area (Å²) < 4.78 is 11.2. The molecule has 0 radical (unpaired) electrons. The number of carbonyl (C=O) groups is 1. The second kappa shape index (κ2) is 11.3. The number of ether oxygens (including phenoxy) is 2. The molecule has 1 aliphatic heterocycles. The molecule has 5 heteroatoms. The SMILES string of the molecule is CC(C)c1ccc(NC(=O)[C@@H](c2ccc3c(c2)OCO3)N(Cc2ccccc2)Cc2ccccc2)cc1. The highest BCUT2D eigenvalue weighted by Gasteiger charge is 2.30. The van der Waals surface area contributed by atoms with Crippen LogP contribution in [0.1, 0.15) is 48.1 Å². The Morgan fingerprint density at radius 1 is 0.757 bits per heavy atom. The Labute approximate surface area is 218 Å². The van der Waals surface area contributed by atoms with Gasteiger partial charge in [-0.2, -0.15) is 0 Å². The molecule has 188 valence electrons. The number of hydrogen-bond donors (Lipinski definition) is 1. The van der Waals surface area contributed by atoms with Gasteiger partial charge in [0.25, 0.3) is 0 Å². The van der Waals surface area contributed by atoms with Crippen LogP contribution in [0.2, 0.25) is 0 Å². The smallest absolute Gasteiger partial charge is 0.246 e. The topological polar surface area (TPSA) is 50.8 Å². The molecule has 0 saturated heterocycles. The zero-order chi connectivity index (χ0) is 25.6. The van der Waals surface area contributed by atoms with Gasteiger partial charge in [-0.1, -0.05) is 92.7 Å². The van der Waals surface area contributed by atoms with E-state index in [4.69, 9.17) is 9.47 Å². The average molecular weight is 493 g/mol. The summed E-state index contributed by atoms with van der Waals surface area (Å²) >= 11 is 0. The minimum absolute atomic E-state index is 0.0944. The lowest BCUT2D eigenvalue weighted by Gasteiger charge is -2.31. The van der Waals surface area contributed by atoms with Crippen molar-refractivity contribution in [1.82, 2.24) is 4.90 Å². The number of carbonyl (C=O) groups excluding carboxylic acids is 1. The number of nitrogens with one attached hydrogen (secondary N) is 1. The highest BCUT2D eigenvalue weighted by Crippen LogP contribution is 2.37. The molecule has 0 aliphatic carbocycles. The molecule has 0 saturated carbocycles. The zero-order valence-electron chi connectivity index (χ0n) is 21.3. The molecule has 4 aromatic rings. The Bertz CT molecular complexity index is 1280. The zero-order valence-corrected chi connectivity index (χ0v) is 21.3. The fourth-order valence-corrected chi connectivity index (χ4v) is 4.65. The number of benzene rings is 4. The molecular formula is C32H32N2O3. The van der Waals surface area contributed by atoms with Crippen LogP contribution in [0, 0.1) is 0 Å². The summed E-state index contributed by atoms with van der Waals surface area (Å²) in [4.78, 5) is 16.2. The van der Waals surface area contributed by atoms with Crippen LogP contribution < -0.4 is 14.8 Å². The maximum Gasteiger partial charge on any atom is 0.246 e. The van der Waals surface area contributed by atoms with Crippen LogP contribution in [-0.4, -0.2) is 17.6 Å². The number of rotatable bonds is 9. The van der Waals surface area contributed by atoms with Gasteiger partial charge in [0.1, 0.15) is 6.04 Å². The Morgan fingerprint density at radius 2 is 1.32 bits per heavy atom. The van der Waals surface area contributed by atoms with Gasteiger partial charge in [-0.05, 0) is 52.4 Å². The molecular weight excluding hydrogens is 460 g/mol. The number of anilines is 1. The van der Waals surface area contributed by atoms with E-state index < -0.39 is 6.04 Å². The third-order valence-electron chi connectivity index (χ3n) is 6.63. The van der Waals surface area contributed by atoms with Gasteiger partial charge in [-0.3, -0.25) is 9.69 Å². The average Bonchev–Trinajstić information content (AvgIpc) is 3.38. The quantitative estimate of drug-likeness (QED) is 0.276. The number of nitrogens with zero attached hydrogens (tertiary/aromatic N) is 1. The summed E-state index contributed by atoms with van der Waals surface area (Å²) in [6.45, 7) is 5.72. The van der Waals surface area contributed by atoms with Crippen LogP contribution in [0.15, 0.2) is 103 Å². The Kier molecular flexibility index (Phi) is 7.52. The maximum atomic E-state index is 14.0. The first-order chi connectivity index (χ1) is 18.1. The standard InChI is InChI=1S/C32H32N2O3/c1-23(2)26-13-16-28(17-14-26)33-32(35)31(27-15-18-29-30(19-27)37-22-36-29)34(20-24-9-5-3-6-10-24)21-25-11-7-4-8-12-25/h3-19,23,31H,20-22H2,1-2H3,(H,33,35)/t31-/m1/s1. The molecule has 0 spiro atoms. The monoisotopic (exact) mass is 492 g/mol. The normalized spacial score (nSPS) is 13.1. The van der Waals surface area contributed by atoms with Crippen molar-refractivity contribution in [2.24, 2.45) is 0 Å². The van der Waals surface area contributed by atoms with Crippen LogP contribution in [0.4, 0.5) is 5.69 Å². The first-order valence-electron chi connectivity index (χ1n) is 12.7. The third kappa shape index (κ3) is 6.01. The highest BCUT2D eigenvalue weighted by atomic mass is 16.7. The fourth-order valence-electron chi connectivity index (χ4n) is 4.65. The summed E-state index contributed by atoms with van der Waals surface area (Å²) in [6, 6.07) is 33.8.